The van der Waals surface area contributed by atoms with E-state index >= 15 is 0 Å². The zero-order valence-corrected chi connectivity index (χ0v) is 8.74. The maximum absolute atomic E-state index is 5.90. The molecule has 0 amide bonds. The molecule has 0 aromatic carbocycles. The second-order valence-electron chi connectivity index (χ2n) is 2.25. The lowest BCUT2D eigenvalue weighted by Gasteiger charge is -1.94. The Balaban J connectivity index is 2.99. The number of nitrogens with two attached hydrogens (primary N) is 1. The van der Waals surface area contributed by atoms with E-state index in [4.69, 9.17) is 17.3 Å². The molecule has 0 atom stereocenters. The van der Waals surface area contributed by atoms with Crippen LogP contribution in [0.25, 0.3) is 11.0 Å². The minimum absolute atomic E-state index is 0.417. The van der Waals surface area contributed by atoms with E-state index < -0.39 is 0 Å². The van der Waals surface area contributed by atoms with Crippen LogP contribution in [0.2, 0.25) is 5.02 Å². The van der Waals surface area contributed by atoms with E-state index in [-0.39, 0.29) is 0 Å². The Hall–Kier alpha value is -0.560. The van der Waals surface area contributed by atoms with Gasteiger partial charge in [-0.25, -0.2) is 9.97 Å². The third kappa shape index (κ3) is 1.04. The summed E-state index contributed by atoms with van der Waals surface area (Å²) in [6.45, 7) is 0. The predicted octanol–water partition coefficient (Wildman–Crippen LogP) is 1.86. The average Bonchev–Trinajstić information content (AvgIpc) is 2.29. The molecule has 0 saturated carbocycles. The van der Waals surface area contributed by atoms with Gasteiger partial charge in [0.15, 0.2) is 5.65 Å². The molecule has 0 radical (unpaired) electrons. The number of hydrogen-bond acceptors (Lipinski definition) is 3. The highest BCUT2D eigenvalue weighted by atomic mass is 127. The molecule has 0 aliphatic heterocycles. The first-order valence-electron chi connectivity index (χ1n) is 3.13. The Morgan fingerprint density at radius 1 is 1.50 bits per heavy atom. The Morgan fingerprint density at radius 3 is 2.92 bits per heavy atom. The molecule has 0 saturated heterocycles. The molecule has 0 aliphatic carbocycles. The first-order valence-corrected chi connectivity index (χ1v) is 4.47. The number of anilines is 1. The van der Waals surface area contributed by atoms with E-state index in [2.05, 4.69) is 32.8 Å². The molecule has 2 heterocycles. The summed E-state index contributed by atoms with van der Waals surface area (Å²) in [7, 11) is 0. The third-order valence-corrected chi connectivity index (χ3v) is 2.55. The van der Waals surface area contributed by atoms with E-state index in [1.54, 1.807) is 8.98 Å². The monoisotopic (exact) mass is 294 g/mol. The molecule has 2 rings (SSSR count). The Bertz CT molecular complexity index is 438. The molecule has 0 bridgehead atoms. The van der Waals surface area contributed by atoms with Crippen LogP contribution in [0.4, 0.5) is 5.82 Å². The van der Waals surface area contributed by atoms with Gasteiger partial charge in [0.1, 0.15) is 12.1 Å². The minimum atomic E-state index is 0.417. The fourth-order valence-electron chi connectivity index (χ4n) is 1.01. The molecule has 2 N–H and O–H groups in total. The van der Waals surface area contributed by atoms with Crippen molar-refractivity contribution in [3.63, 3.8) is 0 Å². The highest BCUT2D eigenvalue weighted by Gasteiger charge is 2.09. The highest BCUT2D eigenvalue weighted by Crippen LogP contribution is 2.28. The SMILES string of the molecule is Nc1ncnc2c1c(Cl)cn2I. The van der Waals surface area contributed by atoms with Crippen molar-refractivity contribution in [2.75, 3.05) is 5.73 Å². The molecule has 0 unspecified atom stereocenters. The van der Waals surface area contributed by atoms with E-state index in [0.29, 0.717) is 16.2 Å². The molecule has 2 aromatic rings. The molecule has 6 heteroatoms. The smallest absolute Gasteiger partial charge is 0.155 e. The summed E-state index contributed by atoms with van der Waals surface area (Å²) < 4.78 is 1.79. The van der Waals surface area contributed by atoms with Crippen molar-refractivity contribution in [3.05, 3.63) is 17.5 Å². The predicted molar refractivity (Wildman–Crippen MR) is 56.4 cm³/mol. The summed E-state index contributed by atoms with van der Waals surface area (Å²) in [6.07, 6.45) is 3.17. The van der Waals surface area contributed by atoms with E-state index in [1.165, 1.54) is 6.33 Å². The number of nitrogen functional groups attached to an aromatic ring is 1. The van der Waals surface area contributed by atoms with Crippen LogP contribution in [-0.4, -0.2) is 12.7 Å². The minimum Gasteiger partial charge on any atom is -0.383 e. The van der Waals surface area contributed by atoms with Crippen LogP contribution < -0.4 is 5.73 Å². The zero-order valence-electron chi connectivity index (χ0n) is 5.83. The van der Waals surface area contributed by atoms with Crippen LogP contribution in [0.15, 0.2) is 12.5 Å². The second kappa shape index (κ2) is 2.74. The summed E-state index contributed by atoms with van der Waals surface area (Å²) in [5, 5.41) is 1.30. The van der Waals surface area contributed by atoms with Gasteiger partial charge < -0.3 is 5.73 Å². The normalized spacial score (nSPS) is 10.8. The van der Waals surface area contributed by atoms with Crippen molar-refractivity contribution in [2.24, 2.45) is 0 Å². The molecule has 4 nitrogen and oxygen atoms in total. The van der Waals surface area contributed by atoms with Gasteiger partial charge in [0, 0.05) is 6.20 Å². The molecule has 12 heavy (non-hydrogen) atoms. The zero-order chi connectivity index (χ0) is 8.72. The van der Waals surface area contributed by atoms with Crippen LogP contribution in [-0.2, 0) is 0 Å². The van der Waals surface area contributed by atoms with E-state index in [0.717, 1.165) is 5.65 Å². The number of nitrogens with zero attached hydrogens (tertiary/aromatic N) is 3. The van der Waals surface area contributed by atoms with E-state index in [1.807, 2.05) is 0 Å². The summed E-state index contributed by atoms with van der Waals surface area (Å²) in [4.78, 5) is 7.89. The van der Waals surface area contributed by atoms with Crippen LogP contribution in [0, 0.1) is 0 Å². The number of rotatable bonds is 0. The van der Waals surface area contributed by atoms with Crippen molar-refractivity contribution in [3.8, 4) is 0 Å². The van der Waals surface area contributed by atoms with Crippen LogP contribution in [0.1, 0.15) is 0 Å². The number of aromatic nitrogens is 3. The van der Waals surface area contributed by atoms with Gasteiger partial charge >= 0.3 is 0 Å². The molecule has 2 aromatic heterocycles. The van der Waals surface area contributed by atoms with Gasteiger partial charge in [0.2, 0.25) is 0 Å². The highest BCUT2D eigenvalue weighted by molar-refractivity contribution is 14.1. The lowest BCUT2D eigenvalue weighted by molar-refractivity contribution is 1.20. The quantitative estimate of drug-likeness (QED) is 0.755. The van der Waals surface area contributed by atoms with Gasteiger partial charge in [-0.1, -0.05) is 11.6 Å². The number of fused-ring (bicyclic) bond motifs is 1. The van der Waals surface area contributed by atoms with Crippen molar-refractivity contribution in [2.45, 2.75) is 0 Å². The Morgan fingerprint density at radius 2 is 2.25 bits per heavy atom. The van der Waals surface area contributed by atoms with Crippen molar-refractivity contribution in [1.82, 2.24) is 12.7 Å². The summed E-state index contributed by atoms with van der Waals surface area (Å²) >= 11 is 7.98. The van der Waals surface area contributed by atoms with Gasteiger partial charge in [-0.15, -0.1) is 0 Å². The van der Waals surface area contributed by atoms with Crippen molar-refractivity contribution >= 4 is 51.3 Å². The van der Waals surface area contributed by atoms with Gasteiger partial charge in [-0.2, -0.15) is 0 Å². The van der Waals surface area contributed by atoms with Crippen LogP contribution in [0.5, 0.6) is 0 Å². The Kier molecular flexibility index (Phi) is 1.84. The topological polar surface area (TPSA) is 56.7 Å². The first kappa shape index (κ1) is 8.06. The fraction of sp³-hybridized carbons (Fsp3) is 0. The molecular formula is C6H4ClIN4. The molecule has 0 fully saturated rings. The molecule has 0 aliphatic rings. The number of halogens is 2. The van der Waals surface area contributed by atoms with Gasteiger partial charge in [-0.05, 0) is 0 Å². The average molecular weight is 294 g/mol. The number of hydrogen-bond donors (Lipinski definition) is 1. The largest absolute Gasteiger partial charge is 0.383 e. The van der Waals surface area contributed by atoms with Crippen molar-refractivity contribution < 1.29 is 0 Å². The third-order valence-electron chi connectivity index (χ3n) is 1.52. The first-order chi connectivity index (χ1) is 5.70. The maximum atomic E-state index is 5.90. The van der Waals surface area contributed by atoms with Gasteiger partial charge in [0.05, 0.1) is 33.3 Å². The fourth-order valence-corrected chi connectivity index (χ4v) is 2.09. The molecular weight excluding hydrogens is 290 g/mol. The summed E-state index contributed by atoms with van der Waals surface area (Å²) in [5.41, 5.74) is 6.36. The van der Waals surface area contributed by atoms with Gasteiger partial charge in [-0.3, -0.25) is 2.78 Å². The summed E-state index contributed by atoms with van der Waals surface area (Å²) in [6, 6.07) is 0. The molecule has 0 spiro atoms. The van der Waals surface area contributed by atoms with Crippen LogP contribution >= 0.6 is 34.5 Å². The lowest BCUT2D eigenvalue weighted by atomic mass is 10.4. The van der Waals surface area contributed by atoms with Crippen LogP contribution in [0.3, 0.4) is 0 Å². The van der Waals surface area contributed by atoms with Crippen molar-refractivity contribution in [1.29, 1.82) is 0 Å². The lowest BCUT2D eigenvalue weighted by Crippen LogP contribution is -1.92. The maximum Gasteiger partial charge on any atom is 0.155 e. The Labute approximate surface area is 87.2 Å². The standard InChI is InChI=1S/C6H4ClIN4/c7-3-1-12(8)6-4(3)5(9)10-2-11-6/h1-2H,(H2,9,10,11). The molecule has 62 valence electrons. The van der Waals surface area contributed by atoms with Gasteiger partial charge in [0.25, 0.3) is 0 Å². The summed E-state index contributed by atoms with van der Waals surface area (Å²) in [5.74, 6) is 0.417. The second-order valence-corrected chi connectivity index (χ2v) is 3.69. The van der Waals surface area contributed by atoms with E-state index in [9.17, 15) is 0 Å².